The van der Waals surface area contributed by atoms with Gasteiger partial charge in [0.1, 0.15) is 0 Å². The van der Waals surface area contributed by atoms with Gasteiger partial charge in [0, 0.05) is 20.1 Å². The molecule has 0 bridgehead atoms. The molecule has 34 heavy (non-hydrogen) atoms. The number of hydrogen-bond donors (Lipinski definition) is 0. The Morgan fingerprint density at radius 3 is 1.53 bits per heavy atom. The Morgan fingerprint density at radius 1 is 0.559 bits per heavy atom. The Hall–Kier alpha value is -0.840. The van der Waals surface area contributed by atoms with Crippen molar-refractivity contribution in [1.82, 2.24) is 0 Å². The second kappa shape index (κ2) is 11.9. The van der Waals surface area contributed by atoms with Crippen LogP contribution in [0.4, 0.5) is 0 Å². The first-order valence-corrected chi connectivity index (χ1v) is 13.8. The molecule has 2 unspecified atom stereocenters. The molecule has 2 aromatic rings. The predicted molar refractivity (Wildman–Crippen MR) is 147 cm³/mol. The highest BCUT2D eigenvalue weighted by molar-refractivity contribution is 9.13. The smallest absolute Gasteiger partial charge is 0.204 e. The molecule has 2 atom stereocenters. The standard InChI is InChI=1S/C24H28Br4O6/c1-29-19-13(15(25)17(27)21(31-3)23(19)33-5)10-11-8-7-9-12(11)14-16(26)18(28)22(32-4)24(34-6)20(14)30-2/h11-12H,7-10H2,1-6H3. The maximum atomic E-state index is 5.88. The van der Waals surface area contributed by atoms with Crippen molar-refractivity contribution in [3.63, 3.8) is 0 Å². The first kappa shape index (κ1) is 27.7. The monoisotopic (exact) mass is 728 g/mol. The third-order valence-corrected chi connectivity index (χ3v) is 10.6. The van der Waals surface area contributed by atoms with E-state index in [2.05, 4.69) is 63.7 Å². The second-order valence-electron chi connectivity index (χ2n) is 7.85. The largest absolute Gasteiger partial charge is 0.492 e. The van der Waals surface area contributed by atoms with Gasteiger partial charge in [0.2, 0.25) is 11.5 Å². The zero-order chi connectivity index (χ0) is 25.2. The van der Waals surface area contributed by atoms with Gasteiger partial charge in [-0.15, -0.1) is 0 Å². The van der Waals surface area contributed by atoms with E-state index >= 15 is 0 Å². The van der Waals surface area contributed by atoms with E-state index in [4.69, 9.17) is 28.4 Å². The lowest BCUT2D eigenvalue weighted by Crippen LogP contribution is -2.14. The van der Waals surface area contributed by atoms with Crippen molar-refractivity contribution in [2.75, 3.05) is 42.7 Å². The molecule has 0 aromatic heterocycles. The van der Waals surface area contributed by atoms with Crippen molar-refractivity contribution >= 4 is 63.7 Å². The van der Waals surface area contributed by atoms with Crippen molar-refractivity contribution in [2.45, 2.75) is 31.6 Å². The van der Waals surface area contributed by atoms with E-state index < -0.39 is 0 Å². The van der Waals surface area contributed by atoms with Crippen LogP contribution >= 0.6 is 63.7 Å². The number of benzene rings is 2. The summed E-state index contributed by atoms with van der Waals surface area (Å²) < 4.78 is 37.7. The summed E-state index contributed by atoms with van der Waals surface area (Å²) in [6.07, 6.45) is 3.96. The lowest BCUT2D eigenvalue weighted by Gasteiger charge is -2.28. The summed E-state index contributed by atoms with van der Waals surface area (Å²) in [5.74, 6) is 4.23. The van der Waals surface area contributed by atoms with E-state index in [-0.39, 0.29) is 5.92 Å². The lowest BCUT2D eigenvalue weighted by molar-refractivity contribution is 0.313. The summed E-state index contributed by atoms with van der Waals surface area (Å²) in [6, 6.07) is 0. The van der Waals surface area contributed by atoms with E-state index in [1.807, 2.05) is 0 Å². The third kappa shape index (κ3) is 4.76. The summed E-state index contributed by atoms with van der Waals surface area (Å²) in [4.78, 5) is 0. The van der Waals surface area contributed by atoms with Gasteiger partial charge >= 0.3 is 0 Å². The molecular weight excluding hydrogens is 704 g/mol. The predicted octanol–water partition coefficient (Wildman–Crippen LogP) is 7.91. The molecule has 1 aliphatic rings. The molecule has 1 fully saturated rings. The molecule has 0 saturated heterocycles. The minimum Gasteiger partial charge on any atom is -0.492 e. The summed E-state index contributed by atoms with van der Waals surface area (Å²) in [5, 5.41) is 0. The van der Waals surface area contributed by atoms with E-state index in [9.17, 15) is 0 Å². The van der Waals surface area contributed by atoms with Gasteiger partial charge in [-0.3, -0.25) is 0 Å². The van der Waals surface area contributed by atoms with Crippen LogP contribution in [0.15, 0.2) is 17.9 Å². The van der Waals surface area contributed by atoms with Crippen LogP contribution in [0.2, 0.25) is 0 Å². The number of halogens is 4. The number of hydrogen-bond acceptors (Lipinski definition) is 6. The Morgan fingerprint density at radius 2 is 1.03 bits per heavy atom. The molecule has 10 heteroatoms. The summed E-state index contributed by atoms with van der Waals surface area (Å²) in [7, 11) is 9.78. The number of ether oxygens (including phenoxy) is 6. The van der Waals surface area contributed by atoms with Gasteiger partial charge in [0.05, 0.1) is 51.6 Å². The molecule has 0 spiro atoms. The Balaban J connectivity index is 2.15. The maximum Gasteiger partial charge on any atom is 0.204 e. The SMILES string of the molecule is COc1c(Br)c(Br)c(CC2CCCC2c2c(Br)c(Br)c(OC)c(OC)c2OC)c(OC)c1OC. The first-order chi connectivity index (χ1) is 16.3. The van der Waals surface area contributed by atoms with Gasteiger partial charge < -0.3 is 28.4 Å². The van der Waals surface area contributed by atoms with Crippen molar-refractivity contribution in [1.29, 1.82) is 0 Å². The highest BCUT2D eigenvalue weighted by Crippen LogP contribution is 2.57. The van der Waals surface area contributed by atoms with Gasteiger partial charge in [-0.2, -0.15) is 0 Å². The zero-order valence-corrected chi connectivity index (χ0v) is 26.3. The highest BCUT2D eigenvalue weighted by Gasteiger charge is 2.37. The molecule has 188 valence electrons. The van der Waals surface area contributed by atoms with Crippen LogP contribution in [0.5, 0.6) is 34.5 Å². The Labute approximate surface area is 234 Å². The van der Waals surface area contributed by atoms with Gasteiger partial charge in [0.25, 0.3) is 0 Å². The minimum atomic E-state index is 0.226. The van der Waals surface area contributed by atoms with Crippen LogP contribution in [0, 0.1) is 5.92 Å². The Kier molecular flexibility index (Phi) is 9.73. The fourth-order valence-electron chi connectivity index (χ4n) is 4.91. The molecule has 1 saturated carbocycles. The third-order valence-electron chi connectivity index (χ3n) is 6.35. The van der Waals surface area contributed by atoms with Gasteiger partial charge in [-0.1, -0.05) is 6.42 Å². The first-order valence-electron chi connectivity index (χ1n) is 10.6. The minimum absolute atomic E-state index is 0.226. The van der Waals surface area contributed by atoms with Crippen molar-refractivity contribution in [2.24, 2.45) is 5.92 Å². The molecule has 0 radical (unpaired) electrons. The quantitative estimate of drug-likeness (QED) is 0.262. The second-order valence-corrected chi connectivity index (χ2v) is 11.0. The van der Waals surface area contributed by atoms with Crippen LogP contribution in [0.25, 0.3) is 0 Å². The number of methoxy groups -OCH3 is 6. The molecule has 6 nitrogen and oxygen atoms in total. The van der Waals surface area contributed by atoms with Gasteiger partial charge in [0.15, 0.2) is 23.0 Å². The average molecular weight is 732 g/mol. The highest BCUT2D eigenvalue weighted by atomic mass is 79.9. The van der Waals surface area contributed by atoms with E-state index in [1.54, 1.807) is 42.7 Å². The van der Waals surface area contributed by atoms with Crippen molar-refractivity contribution < 1.29 is 28.4 Å². The van der Waals surface area contributed by atoms with Crippen LogP contribution in [-0.2, 0) is 6.42 Å². The van der Waals surface area contributed by atoms with Crippen molar-refractivity contribution in [3.8, 4) is 34.5 Å². The number of rotatable bonds is 9. The van der Waals surface area contributed by atoms with E-state index in [0.29, 0.717) is 40.4 Å². The van der Waals surface area contributed by atoms with Crippen LogP contribution in [0.3, 0.4) is 0 Å². The molecule has 0 heterocycles. The fourth-order valence-corrected chi connectivity index (χ4v) is 7.22. The van der Waals surface area contributed by atoms with Crippen LogP contribution in [0.1, 0.15) is 36.3 Å². The van der Waals surface area contributed by atoms with Crippen molar-refractivity contribution in [3.05, 3.63) is 29.0 Å². The Bertz CT molecular complexity index is 1060. The zero-order valence-electron chi connectivity index (χ0n) is 19.9. The molecule has 1 aliphatic carbocycles. The van der Waals surface area contributed by atoms with Crippen LogP contribution < -0.4 is 28.4 Å². The normalized spacial score (nSPS) is 17.5. The van der Waals surface area contributed by atoms with Crippen LogP contribution in [-0.4, -0.2) is 42.7 Å². The van der Waals surface area contributed by atoms with Gasteiger partial charge in [-0.05, 0) is 94.8 Å². The topological polar surface area (TPSA) is 55.4 Å². The molecule has 3 rings (SSSR count). The lowest BCUT2D eigenvalue weighted by atomic mass is 9.83. The summed E-state index contributed by atoms with van der Waals surface area (Å²) in [5.41, 5.74) is 2.10. The fraction of sp³-hybridized carbons (Fsp3) is 0.500. The summed E-state index contributed by atoms with van der Waals surface area (Å²) >= 11 is 14.9. The molecule has 0 amide bonds. The molecule has 0 N–H and O–H groups in total. The summed E-state index contributed by atoms with van der Waals surface area (Å²) in [6.45, 7) is 0. The molecule has 0 aliphatic heterocycles. The van der Waals surface area contributed by atoms with E-state index in [0.717, 1.165) is 54.7 Å². The van der Waals surface area contributed by atoms with E-state index in [1.165, 1.54) is 0 Å². The van der Waals surface area contributed by atoms with Gasteiger partial charge in [-0.25, -0.2) is 0 Å². The maximum absolute atomic E-state index is 5.88. The average Bonchev–Trinajstić information content (AvgIpc) is 3.30. The molecular formula is C24H28Br4O6. The molecule has 2 aromatic carbocycles.